The van der Waals surface area contributed by atoms with Gasteiger partial charge in [-0.1, -0.05) is 18.2 Å². The average molecular weight is 316 g/mol. The van der Waals surface area contributed by atoms with Crippen LogP contribution in [0.2, 0.25) is 0 Å². The molecule has 4 rings (SSSR count). The molecule has 0 radical (unpaired) electrons. The summed E-state index contributed by atoms with van der Waals surface area (Å²) in [4.78, 5) is 29.0. The maximum absolute atomic E-state index is 13.2. The average Bonchev–Trinajstić information content (AvgIpc) is 3.09. The first-order valence-corrected chi connectivity index (χ1v) is 8.87. The van der Waals surface area contributed by atoms with E-state index >= 15 is 0 Å². The Morgan fingerprint density at radius 1 is 1.36 bits per heavy atom. The van der Waals surface area contributed by atoms with E-state index in [2.05, 4.69) is 19.9 Å². The summed E-state index contributed by atoms with van der Waals surface area (Å²) in [6.45, 7) is 4.18. The molecule has 2 amide bonds. The van der Waals surface area contributed by atoms with Gasteiger partial charge in [0.2, 0.25) is 5.91 Å². The number of fused-ring (bicyclic) bond motifs is 2. The van der Waals surface area contributed by atoms with Gasteiger partial charge in [-0.3, -0.25) is 9.59 Å². The number of anilines is 1. The fourth-order valence-electron chi connectivity index (χ4n) is 4.07. The highest BCUT2D eigenvalue weighted by Gasteiger charge is 2.54. The van der Waals surface area contributed by atoms with Crippen LogP contribution in [0.3, 0.4) is 0 Å². The second kappa shape index (κ2) is 4.75. The van der Waals surface area contributed by atoms with Gasteiger partial charge in [-0.2, -0.15) is 0 Å². The van der Waals surface area contributed by atoms with Gasteiger partial charge in [-0.05, 0) is 38.3 Å². The Bertz CT molecular complexity index is 662. The first-order valence-electron chi connectivity index (χ1n) is 7.88. The number of hydrogen-bond donors (Lipinski definition) is 0. The van der Waals surface area contributed by atoms with Gasteiger partial charge < -0.3 is 9.80 Å². The van der Waals surface area contributed by atoms with E-state index < -0.39 is 0 Å². The van der Waals surface area contributed by atoms with Gasteiger partial charge in [-0.15, -0.1) is 11.8 Å². The number of hydrogen-bond acceptors (Lipinski definition) is 3. The maximum atomic E-state index is 13.2. The van der Waals surface area contributed by atoms with Gasteiger partial charge in [0.15, 0.2) is 0 Å². The van der Waals surface area contributed by atoms with Crippen LogP contribution in [-0.2, 0) is 16.0 Å². The molecule has 5 heteroatoms. The van der Waals surface area contributed by atoms with Crippen LogP contribution in [0.25, 0.3) is 0 Å². The van der Waals surface area contributed by atoms with Crippen molar-refractivity contribution in [2.45, 2.75) is 50.1 Å². The Morgan fingerprint density at radius 2 is 2.14 bits per heavy atom. The van der Waals surface area contributed by atoms with E-state index in [9.17, 15) is 9.59 Å². The minimum Gasteiger partial charge on any atom is -0.315 e. The molecule has 3 atom stereocenters. The van der Waals surface area contributed by atoms with E-state index in [0.29, 0.717) is 12.2 Å². The highest BCUT2D eigenvalue weighted by atomic mass is 32.2. The highest BCUT2D eigenvalue weighted by molar-refractivity contribution is 8.01. The number of amides is 2. The van der Waals surface area contributed by atoms with Gasteiger partial charge in [0.1, 0.15) is 6.04 Å². The van der Waals surface area contributed by atoms with Crippen LogP contribution in [0.15, 0.2) is 24.3 Å². The zero-order valence-corrected chi connectivity index (χ0v) is 13.7. The quantitative estimate of drug-likeness (QED) is 0.799. The number of nitrogens with zero attached hydrogens (tertiary/aromatic N) is 2. The van der Waals surface area contributed by atoms with Crippen molar-refractivity contribution in [1.82, 2.24) is 4.90 Å². The van der Waals surface area contributed by atoms with Crippen molar-refractivity contribution in [1.29, 1.82) is 0 Å². The number of carbonyl (C=O) groups excluding carboxylic acids is 2. The predicted molar refractivity (Wildman–Crippen MR) is 87.8 cm³/mol. The molecule has 0 unspecified atom stereocenters. The molecule has 0 N–H and O–H groups in total. The smallest absolute Gasteiger partial charge is 0.250 e. The predicted octanol–water partition coefficient (Wildman–Crippen LogP) is 2.42. The zero-order chi connectivity index (χ0) is 15.5. The molecule has 2 fully saturated rings. The molecular formula is C17H20N2O2S. The first-order chi connectivity index (χ1) is 10.5. The van der Waals surface area contributed by atoms with Crippen molar-refractivity contribution in [2.24, 2.45) is 0 Å². The molecule has 1 aromatic rings. The van der Waals surface area contributed by atoms with Crippen molar-refractivity contribution >= 4 is 29.3 Å². The Labute approximate surface area is 134 Å². The van der Waals surface area contributed by atoms with Crippen LogP contribution in [0, 0.1) is 0 Å². The molecule has 3 aliphatic heterocycles. The third-order valence-electron chi connectivity index (χ3n) is 5.17. The molecule has 0 spiro atoms. The molecule has 2 saturated heterocycles. The summed E-state index contributed by atoms with van der Waals surface area (Å²) < 4.78 is 0. The molecule has 3 aliphatic rings. The van der Waals surface area contributed by atoms with E-state index in [1.807, 2.05) is 28.0 Å². The lowest BCUT2D eigenvalue weighted by Gasteiger charge is -2.33. The lowest BCUT2D eigenvalue weighted by Crippen LogP contribution is -2.52. The Kier molecular flexibility index (Phi) is 3.05. The summed E-state index contributed by atoms with van der Waals surface area (Å²) in [6, 6.07) is 7.97. The van der Waals surface area contributed by atoms with Crippen molar-refractivity contribution < 1.29 is 9.59 Å². The number of rotatable bonds is 1. The second-order valence-electron chi connectivity index (χ2n) is 6.66. The third-order valence-corrected chi connectivity index (χ3v) is 6.68. The summed E-state index contributed by atoms with van der Waals surface area (Å²) in [5, 5.41) is 0. The van der Waals surface area contributed by atoms with Gasteiger partial charge >= 0.3 is 0 Å². The largest absolute Gasteiger partial charge is 0.315 e. The summed E-state index contributed by atoms with van der Waals surface area (Å²) in [6.07, 6.45) is 2.32. The van der Waals surface area contributed by atoms with E-state index in [1.165, 1.54) is 5.56 Å². The zero-order valence-electron chi connectivity index (χ0n) is 12.9. The van der Waals surface area contributed by atoms with Crippen molar-refractivity contribution in [3.05, 3.63) is 29.8 Å². The molecule has 4 nitrogen and oxygen atoms in total. The summed E-state index contributed by atoms with van der Waals surface area (Å²) in [5.41, 5.74) is 2.25. The van der Waals surface area contributed by atoms with E-state index in [-0.39, 0.29) is 28.8 Å². The lowest BCUT2D eigenvalue weighted by atomic mass is 10.1. The molecule has 3 heterocycles. The van der Waals surface area contributed by atoms with Gasteiger partial charge in [0.05, 0.1) is 4.87 Å². The number of para-hydroxylation sites is 1. The maximum Gasteiger partial charge on any atom is 0.250 e. The van der Waals surface area contributed by atoms with Gasteiger partial charge in [0.25, 0.3) is 5.91 Å². The Morgan fingerprint density at radius 3 is 2.95 bits per heavy atom. The normalized spacial score (nSPS) is 33.3. The van der Waals surface area contributed by atoms with Crippen molar-refractivity contribution in [3.63, 3.8) is 0 Å². The fourth-order valence-corrected chi connectivity index (χ4v) is 5.49. The molecule has 0 aliphatic carbocycles. The molecule has 0 bridgehead atoms. The minimum atomic E-state index is -0.307. The third kappa shape index (κ3) is 1.84. The van der Waals surface area contributed by atoms with Crippen LogP contribution < -0.4 is 4.90 Å². The van der Waals surface area contributed by atoms with Gasteiger partial charge in [0, 0.05) is 23.9 Å². The topological polar surface area (TPSA) is 40.6 Å². The second-order valence-corrected chi connectivity index (χ2v) is 8.16. The number of thioether (sulfide) groups is 1. The highest BCUT2D eigenvalue weighted by Crippen LogP contribution is 2.48. The van der Waals surface area contributed by atoms with Crippen LogP contribution in [-0.4, -0.2) is 39.4 Å². The SMILES string of the molecule is C[C@H]1Cc2ccccc2N1C(=O)[C@H]1CS[C@@]2(C)CCC(=O)N12. The molecule has 0 saturated carbocycles. The Balaban J connectivity index is 1.67. The molecular weight excluding hydrogens is 296 g/mol. The number of carbonyl (C=O) groups is 2. The van der Waals surface area contributed by atoms with Crippen LogP contribution >= 0.6 is 11.8 Å². The fraction of sp³-hybridized carbons (Fsp3) is 0.529. The van der Waals surface area contributed by atoms with Crippen LogP contribution in [0.5, 0.6) is 0 Å². The first kappa shape index (κ1) is 14.1. The summed E-state index contributed by atoms with van der Waals surface area (Å²) in [5.74, 6) is 0.932. The molecule has 22 heavy (non-hydrogen) atoms. The van der Waals surface area contributed by atoms with Crippen LogP contribution in [0.4, 0.5) is 5.69 Å². The van der Waals surface area contributed by atoms with Gasteiger partial charge in [-0.25, -0.2) is 0 Å². The molecule has 1 aromatic carbocycles. The standard InChI is InChI=1S/C17H20N2O2S/c1-11-9-12-5-3-4-6-13(12)18(11)16(21)14-10-22-17(2)8-7-15(20)19(14)17/h3-6,11,14H,7-10H2,1-2H3/t11-,14+,17-/m0/s1. The molecule has 116 valence electrons. The van der Waals surface area contributed by atoms with E-state index in [0.717, 1.165) is 18.5 Å². The van der Waals surface area contributed by atoms with Crippen LogP contribution in [0.1, 0.15) is 32.3 Å². The van der Waals surface area contributed by atoms with E-state index in [1.54, 1.807) is 11.8 Å². The van der Waals surface area contributed by atoms with Crippen molar-refractivity contribution in [2.75, 3.05) is 10.7 Å². The summed E-state index contributed by atoms with van der Waals surface area (Å²) in [7, 11) is 0. The minimum absolute atomic E-state index is 0.0870. The van der Waals surface area contributed by atoms with Crippen molar-refractivity contribution in [3.8, 4) is 0 Å². The molecule has 0 aromatic heterocycles. The monoisotopic (exact) mass is 316 g/mol. The summed E-state index contributed by atoms with van der Waals surface area (Å²) >= 11 is 1.75. The lowest BCUT2D eigenvalue weighted by molar-refractivity contribution is -0.136. The number of benzene rings is 1. The Hall–Kier alpha value is -1.49. The van der Waals surface area contributed by atoms with E-state index in [4.69, 9.17) is 0 Å².